The van der Waals surface area contributed by atoms with E-state index >= 15 is 0 Å². The summed E-state index contributed by atoms with van der Waals surface area (Å²) >= 11 is 0. The highest BCUT2D eigenvalue weighted by Crippen LogP contribution is 2.31. The summed E-state index contributed by atoms with van der Waals surface area (Å²) < 4.78 is 7.84. The molecule has 1 aliphatic rings. The van der Waals surface area contributed by atoms with Gasteiger partial charge in [-0.3, -0.25) is 4.68 Å². The van der Waals surface area contributed by atoms with E-state index < -0.39 is 0 Å². The molecule has 0 radical (unpaired) electrons. The fraction of sp³-hybridized carbons (Fsp3) is 0.786. The second-order valence-electron chi connectivity index (χ2n) is 5.33. The Kier molecular flexibility index (Phi) is 4.40. The maximum Gasteiger partial charge on any atom is 0.0692 e. The topological polar surface area (TPSA) is 39.1 Å². The third-order valence-electron chi connectivity index (χ3n) is 4.13. The molecule has 0 aliphatic carbocycles. The first-order valence-corrected chi connectivity index (χ1v) is 7.02. The SMILES string of the molecule is CCC1(CC)CC(NCc2cnn(C)c2)CCO1. The van der Waals surface area contributed by atoms with E-state index in [0.29, 0.717) is 6.04 Å². The largest absolute Gasteiger partial charge is 0.375 e. The van der Waals surface area contributed by atoms with Crippen LogP contribution in [0.15, 0.2) is 12.4 Å². The molecule has 4 heteroatoms. The number of nitrogens with one attached hydrogen (secondary N) is 1. The van der Waals surface area contributed by atoms with Gasteiger partial charge in [-0.25, -0.2) is 0 Å². The Bertz CT molecular complexity index is 371. The summed E-state index contributed by atoms with van der Waals surface area (Å²) in [6.07, 6.45) is 8.45. The highest BCUT2D eigenvalue weighted by atomic mass is 16.5. The van der Waals surface area contributed by atoms with Crippen LogP contribution < -0.4 is 5.32 Å². The average molecular weight is 251 g/mol. The number of ether oxygens (including phenoxy) is 1. The zero-order valence-electron chi connectivity index (χ0n) is 11.8. The fourth-order valence-electron chi connectivity index (χ4n) is 2.77. The van der Waals surface area contributed by atoms with E-state index in [0.717, 1.165) is 38.8 Å². The highest BCUT2D eigenvalue weighted by molar-refractivity contribution is 5.03. The van der Waals surface area contributed by atoms with E-state index in [1.807, 2.05) is 17.9 Å². The molecule has 2 rings (SSSR count). The summed E-state index contributed by atoms with van der Waals surface area (Å²) in [5, 5.41) is 7.83. The van der Waals surface area contributed by atoms with Crippen LogP contribution in [0.25, 0.3) is 0 Å². The lowest BCUT2D eigenvalue weighted by molar-refractivity contribution is -0.0932. The van der Waals surface area contributed by atoms with E-state index in [1.165, 1.54) is 5.56 Å². The van der Waals surface area contributed by atoms with Crippen molar-refractivity contribution < 1.29 is 4.74 Å². The number of hydrogen-bond donors (Lipinski definition) is 1. The van der Waals surface area contributed by atoms with E-state index in [4.69, 9.17) is 4.74 Å². The summed E-state index contributed by atoms with van der Waals surface area (Å²) in [6, 6.07) is 0.568. The van der Waals surface area contributed by atoms with E-state index in [1.54, 1.807) is 0 Å². The van der Waals surface area contributed by atoms with Crippen LogP contribution in [-0.2, 0) is 18.3 Å². The summed E-state index contributed by atoms with van der Waals surface area (Å²) in [7, 11) is 1.96. The molecule has 1 atom stereocenters. The quantitative estimate of drug-likeness (QED) is 0.872. The standard InChI is InChI=1S/C14H25N3O/c1-4-14(5-2)8-13(6-7-18-14)15-9-12-10-16-17(3)11-12/h10-11,13,15H,4-9H2,1-3H3. The predicted octanol–water partition coefficient (Wildman–Crippen LogP) is 2.25. The van der Waals surface area contributed by atoms with Crippen molar-refractivity contribution in [2.24, 2.45) is 7.05 Å². The first-order chi connectivity index (χ1) is 8.67. The second-order valence-corrected chi connectivity index (χ2v) is 5.33. The van der Waals surface area contributed by atoms with Gasteiger partial charge in [0, 0.05) is 38.0 Å². The Morgan fingerprint density at radius 3 is 2.89 bits per heavy atom. The molecule has 18 heavy (non-hydrogen) atoms. The lowest BCUT2D eigenvalue weighted by Gasteiger charge is -2.40. The molecule has 2 heterocycles. The second kappa shape index (κ2) is 5.85. The molecule has 1 unspecified atom stereocenters. The molecule has 4 nitrogen and oxygen atoms in total. The number of aryl methyl sites for hydroxylation is 1. The number of aromatic nitrogens is 2. The van der Waals surface area contributed by atoms with Gasteiger partial charge in [0.25, 0.3) is 0 Å². The van der Waals surface area contributed by atoms with E-state index in [-0.39, 0.29) is 5.60 Å². The van der Waals surface area contributed by atoms with Gasteiger partial charge in [0.1, 0.15) is 0 Å². The maximum absolute atomic E-state index is 5.99. The predicted molar refractivity (Wildman–Crippen MR) is 72.3 cm³/mol. The first kappa shape index (κ1) is 13.6. The van der Waals surface area contributed by atoms with Crippen LogP contribution >= 0.6 is 0 Å². The summed E-state index contributed by atoms with van der Waals surface area (Å²) in [5.41, 5.74) is 1.35. The van der Waals surface area contributed by atoms with Gasteiger partial charge in [0.2, 0.25) is 0 Å². The summed E-state index contributed by atoms with van der Waals surface area (Å²) in [4.78, 5) is 0. The van der Waals surface area contributed by atoms with Crippen molar-refractivity contribution >= 4 is 0 Å². The average Bonchev–Trinajstić information content (AvgIpc) is 2.82. The van der Waals surface area contributed by atoms with Gasteiger partial charge >= 0.3 is 0 Å². The minimum atomic E-state index is 0.102. The number of rotatable bonds is 5. The van der Waals surface area contributed by atoms with Gasteiger partial charge in [-0.1, -0.05) is 13.8 Å². The molecular weight excluding hydrogens is 226 g/mol. The van der Waals surface area contributed by atoms with Crippen LogP contribution in [0, 0.1) is 0 Å². The van der Waals surface area contributed by atoms with Crippen molar-refractivity contribution in [2.45, 2.75) is 57.7 Å². The minimum Gasteiger partial charge on any atom is -0.375 e. The van der Waals surface area contributed by atoms with Gasteiger partial charge in [-0.05, 0) is 25.7 Å². The Morgan fingerprint density at radius 2 is 2.28 bits per heavy atom. The van der Waals surface area contributed by atoms with Gasteiger partial charge < -0.3 is 10.1 Å². The third-order valence-corrected chi connectivity index (χ3v) is 4.13. The zero-order valence-corrected chi connectivity index (χ0v) is 11.8. The Morgan fingerprint density at radius 1 is 1.50 bits per heavy atom. The zero-order chi connectivity index (χ0) is 13.0. The van der Waals surface area contributed by atoms with Crippen molar-refractivity contribution in [3.8, 4) is 0 Å². The first-order valence-electron chi connectivity index (χ1n) is 7.02. The molecule has 0 aromatic carbocycles. The molecule has 1 saturated heterocycles. The van der Waals surface area contributed by atoms with Crippen LogP contribution in [-0.4, -0.2) is 28.0 Å². The maximum atomic E-state index is 5.99. The molecule has 1 N–H and O–H groups in total. The molecule has 102 valence electrons. The van der Waals surface area contributed by atoms with Crippen LogP contribution in [0.1, 0.15) is 45.1 Å². The molecular formula is C14H25N3O. The van der Waals surface area contributed by atoms with Crippen molar-refractivity contribution in [2.75, 3.05) is 6.61 Å². The fourth-order valence-corrected chi connectivity index (χ4v) is 2.77. The lowest BCUT2D eigenvalue weighted by Crippen LogP contribution is -2.46. The van der Waals surface area contributed by atoms with E-state index in [9.17, 15) is 0 Å². The number of hydrogen-bond acceptors (Lipinski definition) is 3. The van der Waals surface area contributed by atoms with Crippen LogP contribution in [0.5, 0.6) is 0 Å². The lowest BCUT2D eigenvalue weighted by atomic mass is 9.86. The normalized spacial score (nSPS) is 23.2. The molecule has 1 aromatic rings. The number of nitrogens with zero attached hydrogens (tertiary/aromatic N) is 2. The molecule has 0 amide bonds. The van der Waals surface area contributed by atoms with Crippen molar-refractivity contribution in [1.82, 2.24) is 15.1 Å². The van der Waals surface area contributed by atoms with Crippen molar-refractivity contribution in [3.05, 3.63) is 18.0 Å². The summed E-state index contributed by atoms with van der Waals surface area (Å²) in [6.45, 7) is 6.24. The van der Waals surface area contributed by atoms with Gasteiger partial charge in [0.05, 0.1) is 11.8 Å². The molecule has 1 fully saturated rings. The smallest absolute Gasteiger partial charge is 0.0692 e. The highest BCUT2D eigenvalue weighted by Gasteiger charge is 2.34. The Hall–Kier alpha value is -0.870. The molecule has 1 aromatic heterocycles. The molecule has 0 bridgehead atoms. The van der Waals surface area contributed by atoms with E-state index in [2.05, 4.69) is 30.5 Å². The summed E-state index contributed by atoms with van der Waals surface area (Å²) in [5.74, 6) is 0. The van der Waals surface area contributed by atoms with Gasteiger partial charge in [-0.2, -0.15) is 5.10 Å². The minimum absolute atomic E-state index is 0.102. The molecule has 0 saturated carbocycles. The van der Waals surface area contributed by atoms with Crippen LogP contribution in [0.2, 0.25) is 0 Å². The Balaban J connectivity index is 1.86. The third kappa shape index (κ3) is 3.12. The van der Waals surface area contributed by atoms with Crippen LogP contribution in [0.3, 0.4) is 0 Å². The Labute approximate surface area is 110 Å². The monoisotopic (exact) mass is 251 g/mol. The molecule has 0 spiro atoms. The van der Waals surface area contributed by atoms with Crippen molar-refractivity contribution in [3.63, 3.8) is 0 Å². The van der Waals surface area contributed by atoms with Crippen molar-refractivity contribution in [1.29, 1.82) is 0 Å². The molecule has 1 aliphatic heterocycles. The van der Waals surface area contributed by atoms with Crippen LogP contribution in [0.4, 0.5) is 0 Å². The van der Waals surface area contributed by atoms with Gasteiger partial charge in [-0.15, -0.1) is 0 Å². The van der Waals surface area contributed by atoms with Gasteiger partial charge in [0.15, 0.2) is 0 Å².